The summed E-state index contributed by atoms with van der Waals surface area (Å²) in [6.45, 7) is 52.1. The van der Waals surface area contributed by atoms with Crippen molar-refractivity contribution in [2.45, 2.75) is 152 Å². The maximum absolute atomic E-state index is 2.59. The zero-order valence-corrected chi connectivity index (χ0v) is 55.4. The third kappa shape index (κ3) is 7.86. The number of aryl methyl sites for hydroxylation is 14. The molecule has 0 saturated carbocycles. The van der Waals surface area contributed by atoms with Crippen molar-refractivity contribution in [1.29, 1.82) is 0 Å². The molecule has 13 aromatic carbocycles. The first-order valence-corrected chi connectivity index (χ1v) is 31.4. The molecule has 0 aliphatic rings. The molecule has 13 rings (SSSR count). The van der Waals surface area contributed by atoms with Crippen LogP contribution in [0.4, 0.5) is 0 Å². The van der Waals surface area contributed by atoms with Crippen molar-refractivity contribution < 1.29 is 0 Å². The van der Waals surface area contributed by atoms with Crippen LogP contribution in [-0.4, -0.2) is 0 Å². The Morgan fingerprint density at radius 3 is 0.640 bits per heavy atom. The zero-order chi connectivity index (χ0) is 61.3. The van der Waals surface area contributed by atoms with Gasteiger partial charge in [-0.3, -0.25) is 0 Å². The third-order valence-electron chi connectivity index (χ3n) is 22.1. The monoisotopic (exact) mass is 1120 g/mol. The van der Waals surface area contributed by atoms with E-state index in [9.17, 15) is 0 Å². The highest BCUT2D eigenvalue weighted by Crippen LogP contribution is 2.58. The van der Waals surface area contributed by atoms with Crippen LogP contribution >= 0.6 is 0 Å². The van der Waals surface area contributed by atoms with Gasteiger partial charge in [-0.1, -0.05) is 131 Å². The SMILES string of the molecule is Cc1ccc(-c2c(C)c(-c3c(C)c(C)c4c5c(C)c(C)cc6c(-c7c(C)c(-c8ccc(C)cc8)c8c(C)c(C)c(C)c(C)c8c7-c7ccc(C)cc7)c(C)c(C)c(c7c(C)c(C)cc3c74)c65)c(-c3ccc(C)cc3)c3c(C)c(C)c(C)c(C)c23)cc1. The Labute approximate surface area is 512 Å². The number of hydrogen-bond acceptors (Lipinski definition) is 0. The fraction of sp³-hybridized carbons (Fsp3) is 0.256. The molecule has 86 heavy (non-hydrogen) atoms. The third-order valence-corrected chi connectivity index (χ3v) is 22.1. The van der Waals surface area contributed by atoms with Gasteiger partial charge in [-0.2, -0.15) is 0 Å². The van der Waals surface area contributed by atoms with Gasteiger partial charge in [0.2, 0.25) is 0 Å². The van der Waals surface area contributed by atoms with E-state index < -0.39 is 0 Å². The van der Waals surface area contributed by atoms with Gasteiger partial charge in [0.25, 0.3) is 0 Å². The predicted octanol–water partition coefficient (Wildman–Crippen LogP) is 24.8. The molecular weight excluding hydrogens is 1030 g/mol. The Hall–Kier alpha value is -8.32. The Morgan fingerprint density at radius 1 is 0.151 bits per heavy atom. The highest BCUT2D eigenvalue weighted by Gasteiger charge is 2.33. The molecule has 0 amide bonds. The van der Waals surface area contributed by atoms with Gasteiger partial charge in [-0.25, -0.2) is 0 Å². The van der Waals surface area contributed by atoms with E-state index in [0.29, 0.717) is 0 Å². The van der Waals surface area contributed by atoms with E-state index in [2.05, 4.69) is 262 Å². The second-order valence-corrected chi connectivity index (χ2v) is 26.7. The summed E-state index contributed by atoms with van der Waals surface area (Å²) in [4.78, 5) is 0. The Kier molecular flexibility index (Phi) is 13.3. The summed E-state index contributed by atoms with van der Waals surface area (Å²) in [6, 6.07) is 42.7. The summed E-state index contributed by atoms with van der Waals surface area (Å²) in [5, 5.41) is 16.5. The van der Waals surface area contributed by atoms with Crippen LogP contribution in [-0.2, 0) is 0 Å². The van der Waals surface area contributed by atoms with Crippen LogP contribution in [0.5, 0.6) is 0 Å². The molecule has 0 atom stereocenters. The minimum Gasteiger partial charge on any atom is -0.0587 e. The number of hydrogen-bond donors (Lipinski definition) is 0. The molecule has 0 radical (unpaired) electrons. The second-order valence-electron chi connectivity index (χ2n) is 26.7. The fourth-order valence-corrected chi connectivity index (χ4v) is 16.1. The Morgan fingerprint density at radius 2 is 0.372 bits per heavy atom. The zero-order valence-electron chi connectivity index (χ0n) is 55.4. The van der Waals surface area contributed by atoms with Crippen LogP contribution in [0.3, 0.4) is 0 Å². The smallest absolute Gasteiger partial charge is 0.00142 e. The lowest BCUT2D eigenvalue weighted by Crippen LogP contribution is -2.06. The van der Waals surface area contributed by atoms with Crippen LogP contribution in [0, 0.1) is 152 Å². The second kappa shape index (κ2) is 20.1. The number of fused-ring (bicyclic) bond motifs is 4. The quantitative estimate of drug-likeness (QED) is 0.115. The maximum atomic E-state index is 2.59. The Bertz CT molecular complexity index is 4780. The standard InChI is InChI=1S/C86H84/c1-41-23-31-63(32-24-41)69-61(21)81(83(65-35-27-43(3)28-36-65)77-55(15)51(11)49(9)53(13)75(69)77)71-57(17)59(19)79-74-48(8)46(6)40-68-72(58(18)60(20)80(86(68)74)73-47(7)45(5)39-67(71)85(73)79)82-62(22)70(64-33-25-42(2)26-34-64)76-54(14)50(10)52(12)56(16)78(76)84(82)66-37-29-44(4)30-38-66/h23-40H,1-22H3. The van der Waals surface area contributed by atoms with Crippen LogP contribution < -0.4 is 0 Å². The van der Waals surface area contributed by atoms with Gasteiger partial charge in [0, 0.05) is 0 Å². The van der Waals surface area contributed by atoms with E-state index in [0.717, 1.165) is 0 Å². The molecule has 13 aromatic rings. The molecule has 0 saturated heterocycles. The molecule has 428 valence electrons. The number of rotatable bonds is 6. The topological polar surface area (TPSA) is 0 Å². The largest absolute Gasteiger partial charge is 0.0587 e. The lowest BCUT2D eigenvalue weighted by molar-refractivity contribution is 1.25. The Balaban J connectivity index is 1.27. The summed E-state index contributed by atoms with van der Waals surface area (Å²) in [6.07, 6.45) is 0. The average Bonchev–Trinajstić information content (AvgIpc) is 0.695. The number of benzene rings is 13. The molecule has 0 unspecified atom stereocenters. The van der Waals surface area contributed by atoms with Crippen molar-refractivity contribution in [3.05, 3.63) is 232 Å². The summed E-state index contributed by atoms with van der Waals surface area (Å²) < 4.78 is 0. The van der Waals surface area contributed by atoms with Gasteiger partial charge >= 0.3 is 0 Å². The highest BCUT2D eigenvalue weighted by atomic mass is 14.4. The van der Waals surface area contributed by atoms with E-state index in [4.69, 9.17) is 0 Å². The summed E-state index contributed by atoms with van der Waals surface area (Å²) in [7, 11) is 0. The lowest BCUT2D eigenvalue weighted by Gasteiger charge is -2.31. The maximum Gasteiger partial charge on any atom is -0.00142 e. The first-order chi connectivity index (χ1) is 40.9. The van der Waals surface area contributed by atoms with Crippen LogP contribution in [0.1, 0.15) is 122 Å². The van der Waals surface area contributed by atoms with Crippen molar-refractivity contribution in [3.8, 4) is 66.8 Å². The average molecular weight is 1120 g/mol. The molecule has 0 aliphatic carbocycles. The molecule has 0 aliphatic heterocycles. The van der Waals surface area contributed by atoms with E-state index in [-0.39, 0.29) is 0 Å². The van der Waals surface area contributed by atoms with Gasteiger partial charge in [0.05, 0.1) is 0 Å². The lowest BCUT2D eigenvalue weighted by atomic mass is 9.72. The van der Waals surface area contributed by atoms with Gasteiger partial charge in [0.15, 0.2) is 0 Å². The molecule has 0 fully saturated rings. The van der Waals surface area contributed by atoms with Crippen molar-refractivity contribution in [2.75, 3.05) is 0 Å². The van der Waals surface area contributed by atoms with E-state index in [1.807, 2.05) is 0 Å². The summed E-state index contributed by atoms with van der Waals surface area (Å²) in [5.41, 5.74) is 45.3. The van der Waals surface area contributed by atoms with Crippen molar-refractivity contribution in [2.24, 2.45) is 0 Å². The molecule has 0 heterocycles. The van der Waals surface area contributed by atoms with E-state index >= 15 is 0 Å². The van der Waals surface area contributed by atoms with E-state index in [1.54, 1.807) is 0 Å². The van der Waals surface area contributed by atoms with Crippen LogP contribution in [0.25, 0.3) is 131 Å². The summed E-state index contributed by atoms with van der Waals surface area (Å²) >= 11 is 0. The molecule has 0 spiro atoms. The molecule has 0 bridgehead atoms. The van der Waals surface area contributed by atoms with Gasteiger partial charge < -0.3 is 0 Å². The molecule has 0 N–H and O–H groups in total. The van der Waals surface area contributed by atoms with Crippen molar-refractivity contribution in [3.63, 3.8) is 0 Å². The van der Waals surface area contributed by atoms with Crippen molar-refractivity contribution >= 4 is 64.6 Å². The van der Waals surface area contributed by atoms with Gasteiger partial charge in [0.1, 0.15) is 0 Å². The molecule has 0 heteroatoms. The first-order valence-electron chi connectivity index (χ1n) is 31.4. The van der Waals surface area contributed by atoms with Gasteiger partial charge in [-0.05, 0) is 384 Å². The van der Waals surface area contributed by atoms with Crippen LogP contribution in [0.2, 0.25) is 0 Å². The molecule has 0 nitrogen and oxygen atoms in total. The molecular formula is C86H84. The first kappa shape index (κ1) is 56.8. The predicted molar refractivity (Wildman–Crippen MR) is 379 cm³/mol. The van der Waals surface area contributed by atoms with Gasteiger partial charge in [-0.15, -0.1) is 0 Å². The summed E-state index contributed by atoms with van der Waals surface area (Å²) in [5.74, 6) is 0. The van der Waals surface area contributed by atoms with E-state index in [1.165, 1.54) is 254 Å². The normalized spacial score (nSPS) is 12.1. The minimum atomic E-state index is 1.26. The highest BCUT2D eigenvalue weighted by molar-refractivity contribution is 6.39. The minimum absolute atomic E-state index is 1.26. The molecule has 0 aromatic heterocycles. The van der Waals surface area contributed by atoms with Crippen LogP contribution in [0.15, 0.2) is 109 Å². The fourth-order valence-electron chi connectivity index (χ4n) is 16.1. The van der Waals surface area contributed by atoms with Crippen molar-refractivity contribution in [1.82, 2.24) is 0 Å².